The third-order valence-electron chi connectivity index (χ3n) is 3.85. The van der Waals surface area contributed by atoms with Crippen molar-refractivity contribution in [3.05, 3.63) is 71.7 Å². The Labute approximate surface area is 138 Å². The van der Waals surface area contributed by atoms with Gasteiger partial charge in [0.05, 0.1) is 17.1 Å². The molecule has 0 aliphatic rings. The molecular weight excluding hydrogens is 307 g/mol. The van der Waals surface area contributed by atoms with Crippen molar-refractivity contribution >= 4 is 22.5 Å². The lowest BCUT2D eigenvalue weighted by atomic mass is 10.0. The highest BCUT2D eigenvalue weighted by molar-refractivity contribution is 6.07. The number of rotatable bonds is 5. The lowest BCUT2D eigenvalue weighted by Gasteiger charge is -2.20. The second-order valence-corrected chi connectivity index (χ2v) is 5.41. The minimum atomic E-state index is -0.536. The smallest absolute Gasteiger partial charge is 0.250 e. The number of nitrogens with two attached hydrogens (primary N) is 2. The molecule has 1 unspecified atom stereocenters. The summed E-state index contributed by atoms with van der Waals surface area (Å²) in [6.45, 7) is 0.281. The van der Waals surface area contributed by atoms with Crippen molar-refractivity contribution < 1.29 is 9.18 Å². The molecule has 1 aromatic heterocycles. The zero-order valence-corrected chi connectivity index (χ0v) is 12.9. The first-order valence-corrected chi connectivity index (χ1v) is 7.49. The van der Waals surface area contributed by atoms with E-state index in [-0.39, 0.29) is 18.4 Å². The number of anilines is 1. The summed E-state index contributed by atoms with van der Waals surface area (Å²) in [7, 11) is 0. The van der Waals surface area contributed by atoms with Crippen LogP contribution in [0.25, 0.3) is 10.9 Å². The largest absolute Gasteiger partial charge is 0.376 e. The van der Waals surface area contributed by atoms with Gasteiger partial charge in [0.2, 0.25) is 0 Å². The van der Waals surface area contributed by atoms with E-state index in [0.717, 1.165) is 16.6 Å². The van der Waals surface area contributed by atoms with Crippen molar-refractivity contribution in [2.75, 3.05) is 11.9 Å². The SMILES string of the molecule is NCC(Nc1ccnc2c(C(N)=O)cccc12)c1cccc(F)c1. The Hall–Kier alpha value is -2.99. The molecule has 0 aliphatic carbocycles. The first-order chi connectivity index (χ1) is 11.6. The molecular formula is C18H17FN4O. The second kappa shape index (κ2) is 6.64. The van der Waals surface area contributed by atoms with Gasteiger partial charge in [0.15, 0.2) is 0 Å². The summed E-state index contributed by atoms with van der Waals surface area (Å²) in [5.74, 6) is -0.853. The first-order valence-electron chi connectivity index (χ1n) is 7.49. The molecule has 122 valence electrons. The van der Waals surface area contributed by atoms with E-state index in [1.54, 1.807) is 30.5 Å². The molecule has 5 N–H and O–H groups in total. The van der Waals surface area contributed by atoms with E-state index in [1.807, 2.05) is 12.1 Å². The van der Waals surface area contributed by atoms with E-state index in [2.05, 4.69) is 10.3 Å². The van der Waals surface area contributed by atoms with Crippen LogP contribution in [-0.2, 0) is 0 Å². The molecule has 2 aromatic carbocycles. The Morgan fingerprint density at radius 2 is 2.00 bits per heavy atom. The number of pyridine rings is 1. The molecule has 1 heterocycles. The monoisotopic (exact) mass is 324 g/mol. The zero-order chi connectivity index (χ0) is 17.1. The van der Waals surface area contributed by atoms with E-state index in [9.17, 15) is 9.18 Å². The number of amides is 1. The maximum atomic E-state index is 13.5. The highest BCUT2D eigenvalue weighted by Gasteiger charge is 2.14. The lowest BCUT2D eigenvalue weighted by Crippen LogP contribution is -2.21. The molecule has 5 nitrogen and oxygen atoms in total. The molecule has 0 spiro atoms. The Balaban J connectivity index is 2.03. The Morgan fingerprint density at radius 1 is 1.21 bits per heavy atom. The fourth-order valence-electron chi connectivity index (χ4n) is 2.69. The fourth-order valence-corrected chi connectivity index (χ4v) is 2.69. The van der Waals surface area contributed by atoms with Crippen LogP contribution in [0.4, 0.5) is 10.1 Å². The number of hydrogen-bond donors (Lipinski definition) is 3. The summed E-state index contributed by atoms with van der Waals surface area (Å²) >= 11 is 0. The number of para-hydroxylation sites is 1. The summed E-state index contributed by atoms with van der Waals surface area (Å²) in [6, 6.07) is 13.0. The molecule has 1 atom stereocenters. The van der Waals surface area contributed by atoms with Crippen molar-refractivity contribution in [1.29, 1.82) is 0 Å². The predicted octanol–water partition coefficient (Wildman–Crippen LogP) is 2.58. The normalized spacial score (nSPS) is 12.1. The van der Waals surface area contributed by atoms with Crippen LogP contribution >= 0.6 is 0 Å². The summed E-state index contributed by atoms with van der Waals surface area (Å²) in [5.41, 5.74) is 13.6. The number of nitrogens with zero attached hydrogens (tertiary/aromatic N) is 1. The van der Waals surface area contributed by atoms with Crippen molar-refractivity contribution in [3.8, 4) is 0 Å². The predicted molar refractivity (Wildman–Crippen MR) is 92.1 cm³/mol. The standard InChI is InChI=1S/C18H17FN4O/c19-12-4-1-3-11(9-12)16(10-20)23-15-7-8-22-17-13(15)5-2-6-14(17)18(21)24/h1-9,16H,10,20H2,(H2,21,24)(H,22,23). The number of fused-ring (bicyclic) bond motifs is 1. The fraction of sp³-hybridized carbons (Fsp3) is 0.111. The number of nitrogens with one attached hydrogen (secondary N) is 1. The Morgan fingerprint density at radius 3 is 2.71 bits per heavy atom. The highest BCUT2D eigenvalue weighted by Crippen LogP contribution is 2.27. The molecule has 3 rings (SSSR count). The van der Waals surface area contributed by atoms with E-state index in [4.69, 9.17) is 11.5 Å². The van der Waals surface area contributed by atoms with E-state index < -0.39 is 5.91 Å². The van der Waals surface area contributed by atoms with Gasteiger partial charge in [-0.2, -0.15) is 0 Å². The van der Waals surface area contributed by atoms with E-state index >= 15 is 0 Å². The highest BCUT2D eigenvalue weighted by atomic mass is 19.1. The van der Waals surface area contributed by atoms with Gasteiger partial charge in [-0.05, 0) is 29.8 Å². The second-order valence-electron chi connectivity index (χ2n) is 5.41. The average Bonchev–Trinajstić information content (AvgIpc) is 2.59. The van der Waals surface area contributed by atoms with Gasteiger partial charge < -0.3 is 16.8 Å². The van der Waals surface area contributed by atoms with Crippen LogP contribution in [0.5, 0.6) is 0 Å². The molecule has 6 heteroatoms. The number of carbonyl (C=O) groups is 1. The topological polar surface area (TPSA) is 94.0 Å². The summed E-state index contributed by atoms with van der Waals surface area (Å²) in [4.78, 5) is 15.8. The van der Waals surface area contributed by atoms with E-state index in [0.29, 0.717) is 11.1 Å². The Kier molecular flexibility index (Phi) is 4.39. The zero-order valence-electron chi connectivity index (χ0n) is 12.9. The van der Waals surface area contributed by atoms with Gasteiger partial charge >= 0.3 is 0 Å². The quantitative estimate of drug-likeness (QED) is 0.672. The van der Waals surface area contributed by atoms with Gasteiger partial charge in [0, 0.05) is 23.8 Å². The molecule has 0 aliphatic heterocycles. The molecule has 0 radical (unpaired) electrons. The number of hydrogen-bond acceptors (Lipinski definition) is 4. The number of carbonyl (C=O) groups excluding carboxylic acids is 1. The molecule has 24 heavy (non-hydrogen) atoms. The number of benzene rings is 2. The van der Waals surface area contributed by atoms with Gasteiger partial charge in [-0.3, -0.25) is 9.78 Å². The summed E-state index contributed by atoms with van der Waals surface area (Å²) < 4.78 is 13.5. The van der Waals surface area contributed by atoms with Gasteiger partial charge in [-0.25, -0.2) is 4.39 Å². The van der Waals surface area contributed by atoms with Crippen LogP contribution < -0.4 is 16.8 Å². The maximum Gasteiger partial charge on any atom is 0.250 e. The molecule has 0 saturated heterocycles. The van der Waals surface area contributed by atoms with E-state index in [1.165, 1.54) is 12.1 Å². The molecule has 1 amide bonds. The minimum absolute atomic E-state index is 0.275. The van der Waals surface area contributed by atoms with Crippen LogP contribution in [-0.4, -0.2) is 17.4 Å². The molecule has 0 fully saturated rings. The average molecular weight is 324 g/mol. The van der Waals surface area contributed by atoms with Crippen molar-refractivity contribution in [2.45, 2.75) is 6.04 Å². The van der Waals surface area contributed by atoms with Crippen LogP contribution in [0.2, 0.25) is 0 Å². The van der Waals surface area contributed by atoms with Crippen molar-refractivity contribution in [2.24, 2.45) is 11.5 Å². The first kappa shape index (κ1) is 15.9. The molecule has 0 bridgehead atoms. The van der Waals surface area contributed by atoms with Gasteiger partial charge in [-0.1, -0.05) is 24.3 Å². The summed E-state index contributed by atoms with van der Waals surface area (Å²) in [6.07, 6.45) is 1.59. The number of aromatic nitrogens is 1. The maximum absolute atomic E-state index is 13.5. The van der Waals surface area contributed by atoms with Crippen LogP contribution in [0.3, 0.4) is 0 Å². The van der Waals surface area contributed by atoms with Crippen LogP contribution in [0.15, 0.2) is 54.7 Å². The Bertz CT molecular complexity index is 897. The van der Waals surface area contributed by atoms with Gasteiger partial charge in [0.25, 0.3) is 5.91 Å². The molecule has 0 saturated carbocycles. The van der Waals surface area contributed by atoms with Crippen molar-refractivity contribution in [3.63, 3.8) is 0 Å². The summed E-state index contributed by atoms with van der Waals surface area (Å²) in [5, 5.41) is 4.05. The van der Waals surface area contributed by atoms with Crippen LogP contribution in [0, 0.1) is 5.82 Å². The minimum Gasteiger partial charge on any atom is -0.376 e. The number of halogens is 1. The van der Waals surface area contributed by atoms with Gasteiger partial charge in [0.1, 0.15) is 5.82 Å². The van der Waals surface area contributed by atoms with Crippen LogP contribution in [0.1, 0.15) is 22.0 Å². The van der Waals surface area contributed by atoms with Crippen molar-refractivity contribution in [1.82, 2.24) is 4.98 Å². The third-order valence-corrected chi connectivity index (χ3v) is 3.85. The third kappa shape index (κ3) is 3.04. The van der Waals surface area contributed by atoms with Gasteiger partial charge in [-0.15, -0.1) is 0 Å². The number of primary amides is 1. The molecule has 3 aromatic rings. The lowest BCUT2D eigenvalue weighted by molar-refractivity contribution is 0.100.